The predicted molar refractivity (Wildman–Crippen MR) is 127 cm³/mol. The highest BCUT2D eigenvalue weighted by Crippen LogP contribution is 2.28. The van der Waals surface area contributed by atoms with Crippen molar-refractivity contribution >= 4 is 16.8 Å². The fraction of sp³-hybridized carbons (Fsp3) is 0.640. The fourth-order valence-corrected chi connectivity index (χ4v) is 4.33. The smallest absolute Gasteiger partial charge is 0.258 e. The number of H-pyrrole nitrogens is 1. The average molecular weight is 430 g/mol. The van der Waals surface area contributed by atoms with Gasteiger partial charge in [0.05, 0.1) is 23.5 Å². The van der Waals surface area contributed by atoms with E-state index in [0.29, 0.717) is 35.6 Å². The molecule has 0 spiro atoms. The van der Waals surface area contributed by atoms with Crippen LogP contribution in [0.1, 0.15) is 85.0 Å². The highest BCUT2D eigenvalue weighted by Gasteiger charge is 2.26. The van der Waals surface area contributed by atoms with E-state index in [1.54, 1.807) is 6.07 Å². The molecule has 1 aromatic heterocycles. The number of rotatable bonds is 11. The molecule has 1 heterocycles. The molecule has 31 heavy (non-hydrogen) atoms. The summed E-state index contributed by atoms with van der Waals surface area (Å²) in [6.07, 6.45) is 5.78. The van der Waals surface area contributed by atoms with E-state index >= 15 is 0 Å². The molecule has 0 saturated heterocycles. The van der Waals surface area contributed by atoms with Crippen molar-refractivity contribution in [1.29, 1.82) is 0 Å². The van der Waals surface area contributed by atoms with Gasteiger partial charge >= 0.3 is 0 Å². The number of aromatic amines is 1. The van der Waals surface area contributed by atoms with Gasteiger partial charge in [0.25, 0.3) is 5.56 Å². The van der Waals surface area contributed by atoms with E-state index in [4.69, 9.17) is 0 Å². The van der Waals surface area contributed by atoms with Gasteiger partial charge in [-0.05, 0) is 56.1 Å². The molecule has 1 amide bonds. The summed E-state index contributed by atoms with van der Waals surface area (Å²) < 4.78 is 0. The topological polar surface area (TPSA) is 93.7 Å². The molecule has 0 fully saturated rings. The number of amides is 1. The van der Waals surface area contributed by atoms with Crippen LogP contribution in [0.5, 0.6) is 0 Å². The van der Waals surface area contributed by atoms with Gasteiger partial charge in [0.1, 0.15) is 5.82 Å². The summed E-state index contributed by atoms with van der Waals surface area (Å²) in [5, 5.41) is 0.573. The van der Waals surface area contributed by atoms with Gasteiger partial charge in [-0.15, -0.1) is 0 Å². The minimum Gasteiger partial charge on any atom is -0.358 e. The lowest BCUT2D eigenvalue weighted by molar-refractivity contribution is -0.368. The van der Waals surface area contributed by atoms with Crippen molar-refractivity contribution in [3.05, 3.63) is 40.4 Å². The van der Waals surface area contributed by atoms with Crippen LogP contribution >= 0.6 is 0 Å². The van der Waals surface area contributed by atoms with E-state index in [-0.39, 0.29) is 22.9 Å². The third-order valence-corrected chi connectivity index (χ3v) is 5.70. The van der Waals surface area contributed by atoms with Crippen LogP contribution in [0.25, 0.3) is 10.9 Å². The maximum absolute atomic E-state index is 13.3. The Morgan fingerprint density at radius 1 is 1.13 bits per heavy atom. The second-order valence-electron chi connectivity index (χ2n) is 10.1. The summed E-state index contributed by atoms with van der Waals surface area (Å²) >= 11 is 0. The first-order valence-electron chi connectivity index (χ1n) is 11.7. The van der Waals surface area contributed by atoms with Crippen LogP contribution in [0, 0.1) is 11.3 Å². The maximum Gasteiger partial charge on any atom is 0.258 e. The molecule has 0 aliphatic rings. The molecule has 0 bridgehead atoms. The van der Waals surface area contributed by atoms with Crippen LogP contribution < -0.4 is 11.3 Å². The van der Waals surface area contributed by atoms with Gasteiger partial charge in [0, 0.05) is 13.0 Å². The van der Waals surface area contributed by atoms with Crippen LogP contribution in [-0.2, 0) is 4.79 Å². The van der Waals surface area contributed by atoms with Gasteiger partial charge in [-0.1, -0.05) is 46.2 Å². The first kappa shape index (κ1) is 25.1. The zero-order valence-corrected chi connectivity index (χ0v) is 20.0. The van der Waals surface area contributed by atoms with Crippen molar-refractivity contribution in [2.45, 2.75) is 79.2 Å². The van der Waals surface area contributed by atoms with Crippen LogP contribution in [-0.4, -0.2) is 33.9 Å². The molecular formula is C25H41N4O2+. The van der Waals surface area contributed by atoms with Gasteiger partial charge in [-0.2, -0.15) is 0 Å². The molecule has 2 rings (SSSR count). The Labute approximate surface area is 186 Å². The van der Waals surface area contributed by atoms with Crippen molar-refractivity contribution in [1.82, 2.24) is 14.9 Å². The Balaban J connectivity index is 2.21. The number of fused-ring (bicyclic) bond motifs is 1. The molecule has 6 heteroatoms. The molecule has 0 unspecified atom stereocenters. The monoisotopic (exact) mass is 429 g/mol. The number of hydrogen-bond acceptors (Lipinski definition) is 3. The third kappa shape index (κ3) is 7.76. The largest absolute Gasteiger partial charge is 0.358 e. The fourth-order valence-electron chi connectivity index (χ4n) is 4.33. The van der Waals surface area contributed by atoms with Gasteiger partial charge < -0.3 is 15.6 Å². The number of hydrogen-bond donors (Lipinski definition) is 2. The summed E-state index contributed by atoms with van der Waals surface area (Å²) in [5.41, 5.74) is 4.60. The minimum absolute atomic E-state index is 0.136. The van der Waals surface area contributed by atoms with Gasteiger partial charge in [0.15, 0.2) is 0 Å². The lowest BCUT2D eigenvalue weighted by Crippen LogP contribution is -2.50. The molecule has 1 aromatic carbocycles. The van der Waals surface area contributed by atoms with Gasteiger partial charge in [0.2, 0.25) is 5.91 Å². The standard InChI is InChI=1S/C25H40N4O2/c1-18(17-25(3,4)5)16-22(30)29(15-11-7-6-10-14-26)19(2)23-27-21-13-9-8-12-20(21)24(31)28-23/h8-9,12-13,18-19H,6-7,10-11,14-17,26H2,1-5H3,(H,27,28,31)/p+1/t18-,19+/m1/s1. The highest BCUT2D eigenvalue weighted by molar-refractivity contribution is 5.78. The van der Waals surface area contributed by atoms with E-state index < -0.39 is 0 Å². The van der Waals surface area contributed by atoms with Gasteiger partial charge in [-0.3, -0.25) is 9.59 Å². The Morgan fingerprint density at radius 2 is 1.81 bits per heavy atom. The van der Waals surface area contributed by atoms with Crippen molar-refractivity contribution in [2.24, 2.45) is 11.3 Å². The second kappa shape index (κ2) is 11.4. The van der Waals surface area contributed by atoms with E-state index in [2.05, 4.69) is 43.4 Å². The molecule has 2 aromatic rings. The quantitative estimate of drug-likeness (QED) is 0.527. The summed E-state index contributed by atoms with van der Waals surface area (Å²) in [4.78, 5) is 35.4. The predicted octanol–water partition coefficient (Wildman–Crippen LogP) is 4.08. The number of para-hydroxylation sites is 1. The van der Waals surface area contributed by atoms with Crippen molar-refractivity contribution in [3.63, 3.8) is 0 Å². The van der Waals surface area contributed by atoms with Crippen LogP contribution in [0.2, 0.25) is 0 Å². The molecule has 6 nitrogen and oxygen atoms in total. The average Bonchev–Trinajstić information content (AvgIpc) is 2.68. The molecule has 0 saturated carbocycles. The van der Waals surface area contributed by atoms with E-state index in [1.807, 2.05) is 30.0 Å². The number of nitrogens with one attached hydrogen (secondary N) is 1. The lowest BCUT2D eigenvalue weighted by Gasteiger charge is -2.31. The number of quaternary nitrogens is 1. The third-order valence-electron chi connectivity index (χ3n) is 5.70. The van der Waals surface area contributed by atoms with E-state index in [1.165, 1.54) is 0 Å². The highest BCUT2D eigenvalue weighted by atomic mass is 16.2. The molecule has 0 aliphatic carbocycles. The molecule has 2 atom stereocenters. The summed E-state index contributed by atoms with van der Waals surface area (Å²) in [6, 6.07) is 7.05. The second-order valence-corrected chi connectivity index (χ2v) is 10.1. The Bertz CT molecular complexity index is 900. The van der Waals surface area contributed by atoms with Crippen molar-refractivity contribution in [2.75, 3.05) is 13.1 Å². The van der Waals surface area contributed by atoms with E-state index in [0.717, 1.165) is 38.6 Å². The Kier molecular flexibility index (Phi) is 9.23. The number of nitrogens with zero attached hydrogens (tertiary/aromatic N) is 2. The summed E-state index contributed by atoms with van der Waals surface area (Å²) in [6.45, 7) is 12.4. The Hall–Kier alpha value is -2.21. The summed E-state index contributed by atoms with van der Waals surface area (Å²) in [5.74, 6) is 0.993. The van der Waals surface area contributed by atoms with Crippen LogP contribution in [0.3, 0.4) is 0 Å². The lowest BCUT2D eigenvalue weighted by atomic mass is 9.84. The van der Waals surface area contributed by atoms with Crippen LogP contribution in [0.4, 0.5) is 0 Å². The number of carbonyl (C=O) groups excluding carboxylic acids is 1. The molecule has 172 valence electrons. The first-order valence-corrected chi connectivity index (χ1v) is 11.7. The number of benzene rings is 1. The van der Waals surface area contributed by atoms with Crippen molar-refractivity contribution < 1.29 is 10.5 Å². The van der Waals surface area contributed by atoms with E-state index in [9.17, 15) is 9.59 Å². The zero-order chi connectivity index (χ0) is 23.0. The number of unbranched alkanes of at least 4 members (excludes halogenated alkanes) is 3. The van der Waals surface area contributed by atoms with Crippen LogP contribution in [0.15, 0.2) is 29.1 Å². The molecule has 4 N–H and O–H groups in total. The SMILES string of the molecule is C[C@H](CC(=O)N(CCCCCC[NH3+])[C@@H](C)c1nc2ccccc2c(=O)[nH]1)CC(C)(C)C. The zero-order valence-electron chi connectivity index (χ0n) is 20.0. The van der Waals surface area contributed by atoms with Crippen molar-refractivity contribution in [3.8, 4) is 0 Å². The Morgan fingerprint density at radius 3 is 2.48 bits per heavy atom. The minimum atomic E-state index is -0.278. The first-order chi connectivity index (χ1) is 14.6. The summed E-state index contributed by atoms with van der Waals surface area (Å²) in [7, 11) is 0. The molecule has 0 radical (unpaired) electrons. The molecule has 0 aliphatic heterocycles. The maximum atomic E-state index is 13.3. The molecular weight excluding hydrogens is 388 g/mol. The number of carbonyl (C=O) groups is 1. The van der Waals surface area contributed by atoms with Gasteiger partial charge in [-0.25, -0.2) is 4.98 Å². The number of aromatic nitrogens is 2. The normalized spacial score (nSPS) is 13.9.